The van der Waals surface area contributed by atoms with E-state index in [1.165, 1.54) is 12.1 Å². The fraction of sp³-hybridized carbons (Fsp3) is 0.455. The molecule has 114 valence electrons. The molecule has 1 rings (SSSR count). The first-order valence-corrected chi connectivity index (χ1v) is 8.26. The Balaban J connectivity index is 2.72. The quantitative estimate of drug-likeness (QED) is 0.756. The Morgan fingerprint density at radius 1 is 1.25 bits per heavy atom. The van der Waals surface area contributed by atoms with E-state index in [-0.39, 0.29) is 41.2 Å². The maximum Gasteiger partial charge on any atom is 0.441 e. The van der Waals surface area contributed by atoms with Crippen molar-refractivity contribution in [1.82, 2.24) is 4.72 Å². The van der Waals surface area contributed by atoms with Crippen LogP contribution < -0.4 is 10.0 Å². The van der Waals surface area contributed by atoms with Gasteiger partial charge < -0.3 is 5.32 Å². The van der Waals surface area contributed by atoms with Crippen LogP contribution in [0.2, 0.25) is 0 Å². The molecule has 0 saturated heterocycles. The molecule has 0 unspecified atom stereocenters. The van der Waals surface area contributed by atoms with Gasteiger partial charge in [-0.15, -0.1) is 0 Å². The third kappa shape index (κ3) is 5.59. The maximum atomic E-state index is 12.0. The van der Waals surface area contributed by atoms with Gasteiger partial charge in [0.25, 0.3) is 0 Å². The summed E-state index contributed by atoms with van der Waals surface area (Å²) in [5.74, 6) is -0.195. The molecule has 20 heavy (non-hydrogen) atoms. The van der Waals surface area contributed by atoms with E-state index in [1.807, 2.05) is 0 Å². The van der Waals surface area contributed by atoms with Crippen LogP contribution in [0.5, 0.6) is 0 Å². The zero-order valence-corrected chi connectivity index (χ0v) is 12.3. The predicted octanol–water partition coefficient (Wildman–Crippen LogP) is 2.65. The van der Waals surface area contributed by atoms with Gasteiger partial charge in [0.05, 0.1) is 5.69 Å². The molecule has 0 spiro atoms. The van der Waals surface area contributed by atoms with Gasteiger partial charge in [0, 0.05) is 18.8 Å². The summed E-state index contributed by atoms with van der Waals surface area (Å²) in [4.78, 5) is 0.0267. The van der Waals surface area contributed by atoms with E-state index in [4.69, 9.17) is 0 Å². The number of rotatable bonds is 7. The zero-order valence-electron chi connectivity index (χ0n) is 10.7. The van der Waals surface area contributed by atoms with Crippen molar-refractivity contribution < 1.29 is 21.6 Å². The van der Waals surface area contributed by atoms with E-state index in [0.717, 1.165) is 0 Å². The van der Waals surface area contributed by atoms with Gasteiger partial charge in [-0.3, -0.25) is 0 Å². The summed E-state index contributed by atoms with van der Waals surface area (Å²) in [5, 5.41) is 2.71. The van der Waals surface area contributed by atoms with E-state index in [0.29, 0.717) is 0 Å². The zero-order chi connectivity index (χ0) is 15.2. The normalized spacial score (nSPS) is 12.4. The van der Waals surface area contributed by atoms with Crippen LogP contribution in [0.25, 0.3) is 0 Å². The monoisotopic (exact) mass is 328 g/mol. The molecule has 0 aliphatic rings. The summed E-state index contributed by atoms with van der Waals surface area (Å²) >= 11 is -0.151. The van der Waals surface area contributed by atoms with Gasteiger partial charge in [-0.05, 0) is 23.9 Å². The van der Waals surface area contributed by atoms with Crippen LogP contribution >= 0.6 is 11.8 Å². The topological polar surface area (TPSA) is 58.2 Å². The van der Waals surface area contributed by atoms with Crippen molar-refractivity contribution in [3.63, 3.8) is 0 Å². The Morgan fingerprint density at radius 2 is 1.90 bits per heavy atom. The minimum Gasteiger partial charge on any atom is -0.383 e. The maximum absolute atomic E-state index is 12.0. The van der Waals surface area contributed by atoms with Gasteiger partial charge in [-0.25, -0.2) is 13.1 Å². The highest BCUT2D eigenvalue weighted by Gasteiger charge is 2.27. The fourth-order valence-corrected chi connectivity index (χ4v) is 3.13. The second-order valence-corrected chi connectivity index (χ2v) is 6.61. The third-order valence-electron chi connectivity index (χ3n) is 2.19. The van der Waals surface area contributed by atoms with Crippen molar-refractivity contribution in [1.29, 1.82) is 0 Å². The highest BCUT2D eigenvalue weighted by molar-refractivity contribution is 8.00. The predicted molar refractivity (Wildman–Crippen MR) is 74.3 cm³/mol. The molecule has 1 aromatic carbocycles. The van der Waals surface area contributed by atoms with Crippen molar-refractivity contribution in [3.05, 3.63) is 24.3 Å². The lowest BCUT2D eigenvalue weighted by atomic mass is 10.3. The lowest BCUT2D eigenvalue weighted by Crippen LogP contribution is -2.24. The number of nitrogens with one attached hydrogen (secondary N) is 2. The molecule has 0 aliphatic heterocycles. The van der Waals surface area contributed by atoms with E-state index >= 15 is 0 Å². The first-order chi connectivity index (χ1) is 9.26. The number of anilines is 1. The summed E-state index contributed by atoms with van der Waals surface area (Å²) in [5.41, 5.74) is -3.99. The average molecular weight is 328 g/mol. The molecule has 0 aromatic heterocycles. The van der Waals surface area contributed by atoms with Crippen LogP contribution in [0.4, 0.5) is 18.9 Å². The molecule has 0 bridgehead atoms. The van der Waals surface area contributed by atoms with Crippen LogP contribution in [0.3, 0.4) is 0 Å². The van der Waals surface area contributed by atoms with Crippen molar-refractivity contribution in [2.75, 3.05) is 24.2 Å². The van der Waals surface area contributed by atoms with Crippen LogP contribution in [0.1, 0.15) is 6.92 Å². The van der Waals surface area contributed by atoms with E-state index in [2.05, 4.69) is 10.0 Å². The molecule has 0 fully saturated rings. The second-order valence-electron chi connectivity index (χ2n) is 3.72. The SMILES string of the molecule is CCNS(=O)(=O)c1ccccc1NCCSC(F)(F)F. The standard InChI is InChI=1S/C11H15F3N2O2S2/c1-2-16-20(17,18)10-6-4-3-5-9(10)15-7-8-19-11(12,13)14/h3-6,15-16H,2,7-8H2,1H3. The highest BCUT2D eigenvalue weighted by atomic mass is 32.2. The molecule has 1 aromatic rings. The summed E-state index contributed by atoms with van der Waals surface area (Å²) < 4.78 is 62.1. The molecular weight excluding hydrogens is 313 g/mol. The van der Waals surface area contributed by atoms with Crippen molar-refractivity contribution in [2.24, 2.45) is 0 Å². The lowest BCUT2D eigenvalue weighted by Gasteiger charge is -2.13. The number of hydrogen-bond acceptors (Lipinski definition) is 4. The number of thioether (sulfide) groups is 1. The molecule has 0 radical (unpaired) electrons. The summed E-state index contributed by atoms with van der Waals surface area (Å²) in [6.45, 7) is 1.90. The third-order valence-corrected chi connectivity index (χ3v) is 4.53. The smallest absolute Gasteiger partial charge is 0.383 e. The summed E-state index contributed by atoms with van der Waals surface area (Å²) in [6, 6.07) is 6.09. The van der Waals surface area contributed by atoms with E-state index < -0.39 is 15.5 Å². The van der Waals surface area contributed by atoms with Gasteiger partial charge in [0.1, 0.15) is 4.90 Å². The van der Waals surface area contributed by atoms with Gasteiger partial charge >= 0.3 is 5.51 Å². The Kier molecular flexibility index (Phi) is 6.15. The highest BCUT2D eigenvalue weighted by Crippen LogP contribution is 2.30. The number of benzene rings is 1. The molecule has 4 nitrogen and oxygen atoms in total. The molecule has 0 atom stereocenters. The number of hydrogen-bond donors (Lipinski definition) is 2. The molecular formula is C11H15F3N2O2S2. The molecule has 0 aliphatic carbocycles. The summed E-state index contributed by atoms with van der Waals surface area (Å²) in [6.07, 6.45) is 0. The Hall–Kier alpha value is -0.930. The molecule has 0 heterocycles. The first kappa shape index (κ1) is 17.1. The van der Waals surface area contributed by atoms with Gasteiger partial charge in [-0.2, -0.15) is 13.2 Å². The molecule has 0 saturated carbocycles. The van der Waals surface area contributed by atoms with Gasteiger partial charge in [0.15, 0.2) is 0 Å². The molecule has 2 N–H and O–H groups in total. The Bertz CT molecular complexity index is 533. The van der Waals surface area contributed by atoms with Gasteiger partial charge in [-0.1, -0.05) is 19.1 Å². The lowest BCUT2D eigenvalue weighted by molar-refractivity contribution is -0.0327. The first-order valence-electron chi connectivity index (χ1n) is 5.79. The second kappa shape index (κ2) is 7.19. The van der Waals surface area contributed by atoms with Crippen LogP contribution in [0, 0.1) is 0 Å². The Morgan fingerprint density at radius 3 is 2.50 bits per heavy atom. The van der Waals surface area contributed by atoms with Crippen LogP contribution in [0.15, 0.2) is 29.2 Å². The summed E-state index contributed by atoms with van der Waals surface area (Å²) in [7, 11) is -3.65. The number of alkyl halides is 3. The Labute approximate surface area is 120 Å². The number of halogens is 3. The number of sulfonamides is 1. The average Bonchev–Trinajstić information content (AvgIpc) is 2.34. The van der Waals surface area contributed by atoms with Gasteiger partial charge in [0.2, 0.25) is 10.0 Å². The van der Waals surface area contributed by atoms with E-state index in [9.17, 15) is 21.6 Å². The fourth-order valence-electron chi connectivity index (χ4n) is 1.47. The van der Waals surface area contributed by atoms with E-state index in [1.54, 1.807) is 19.1 Å². The minimum atomic E-state index is -4.28. The number of para-hydroxylation sites is 1. The molecule has 0 amide bonds. The molecule has 9 heteroatoms. The largest absolute Gasteiger partial charge is 0.441 e. The van der Waals surface area contributed by atoms with Crippen molar-refractivity contribution in [2.45, 2.75) is 17.3 Å². The van der Waals surface area contributed by atoms with Crippen LogP contribution in [-0.2, 0) is 10.0 Å². The van der Waals surface area contributed by atoms with Crippen molar-refractivity contribution >= 4 is 27.5 Å². The minimum absolute atomic E-state index is 0.0167. The van der Waals surface area contributed by atoms with Crippen LogP contribution in [-0.4, -0.2) is 32.8 Å². The van der Waals surface area contributed by atoms with Crippen molar-refractivity contribution in [3.8, 4) is 0 Å².